The number of pyridine rings is 1. The predicted octanol–water partition coefficient (Wildman–Crippen LogP) is 2.39. The zero-order valence-corrected chi connectivity index (χ0v) is 18.8. The van der Waals surface area contributed by atoms with Gasteiger partial charge in [0.05, 0.1) is 17.1 Å². The summed E-state index contributed by atoms with van der Waals surface area (Å²) in [5.74, 6) is 0.597. The van der Waals surface area contributed by atoms with Gasteiger partial charge in [0, 0.05) is 30.9 Å². The molecule has 27 heavy (non-hydrogen) atoms. The molecule has 0 aliphatic rings. The highest BCUT2D eigenvalue weighted by Gasteiger charge is 2.13. The third-order valence-electron chi connectivity index (χ3n) is 3.29. The highest BCUT2D eigenvalue weighted by atomic mass is 127. The highest BCUT2D eigenvalue weighted by Crippen LogP contribution is 2.14. The molecule has 1 heterocycles. The Labute approximate surface area is 182 Å². The molecule has 1 aromatic carbocycles. The number of benzene rings is 1. The van der Waals surface area contributed by atoms with Crippen LogP contribution in [-0.4, -0.2) is 39.0 Å². The Morgan fingerprint density at radius 2 is 1.96 bits per heavy atom. The van der Waals surface area contributed by atoms with Gasteiger partial charge in [-0.05, 0) is 37.3 Å². The zero-order chi connectivity index (χ0) is 18.8. The topological polar surface area (TPSA) is 95.5 Å². The van der Waals surface area contributed by atoms with E-state index in [4.69, 9.17) is 11.6 Å². The van der Waals surface area contributed by atoms with E-state index in [1.165, 1.54) is 12.1 Å². The Morgan fingerprint density at radius 1 is 1.15 bits per heavy atom. The third-order valence-corrected chi connectivity index (χ3v) is 4.98. The SMILES string of the molecule is CCNC(=NCc1ccccn1)NCCNS(=O)(=O)c1cccc(Cl)c1.I. The van der Waals surface area contributed by atoms with Crippen LogP contribution in [0.3, 0.4) is 0 Å². The van der Waals surface area contributed by atoms with Gasteiger partial charge in [-0.1, -0.05) is 23.7 Å². The molecule has 1 aromatic heterocycles. The number of halogens is 2. The van der Waals surface area contributed by atoms with Crippen LogP contribution in [0.4, 0.5) is 0 Å². The van der Waals surface area contributed by atoms with Gasteiger partial charge in [0.1, 0.15) is 0 Å². The summed E-state index contributed by atoms with van der Waals surface area (Å²) in [7, 11) is -3.59. The van der Waals surface area contributed by atoms with Gasteiger partial charge in [-0.3, -0.25) is 4.98 Å². The molecule has 0 spiro atoms. The first-order valence-electron chi connectivity index (χ1n) is 8.18. The smallest absolute Gasteiger partial charge is 0.240 e. The van der Waals surface area contributed by atoms with E-state index in [1.807, 2.05) is 25.1 Å². The first-order chi connectivity index (χ1) is 12.5. The summed E-state index contributed by atoms with van der Waals surface area (Å²) in [6.45, 7) is 3.68. The Kier molecular flexibility index (Phi) is 10.6. The largest absolute Gasteiger partial charge is 0.357 e. The number of hydrogen-bond donors (Lipinski definition) is 3. The van der Waals surface area contributed by atoms with Gasteiger partial charge in [0.2, 0.25) is 10.0 Å². The number of aliphatic imine (C=N–C) groups is 1. The van der Waals surface area contributed by atoms with Crippen molar-refractivity contribution >= 4 is 51.6 Å². The lowest BCUT2D eigenvalue weighted by molar-refractivity contribution is 0.580. The lowest BCUT2D eigenvalue weighted by Crippen LogP contribution is -2.41. The van der Waals surface area contributed by atoms with Crippen molar-refractivity contribution in [3.63, 3.8) is 0 Å². The molecule has 3 N–H and O–H groups in total. The van der Waals surface area contributed by atoms with E-state index in [0.717, 1.165) is 5.69 Å². The molecule has 148 valence electrons. The average Bonchev–Trinajstić information content (AvgIpc) is 2.64. The van der Waals surface area contributed by atoms with Crippen LogP contribution in [0.25, 0.3) is 0 Å². The standard InChI is InChI=1S/C17H22ClN5O2S.HI/c1-2-19-17(22-13-15-7-3-4-9-20-15)21-10-11-23-26(24,25)16-8-5-6-14(18)12-16;/h3-9,12,23H,2,10-11,13H2,1H3,(H2,19,21,22);1H. The molecule has 0 radical (unpaired) electrons. The van der Waals surface area contributed by atoms with E-state index in [9.17, 15) is 8.42 Å². The zero-order valence-electron chi connectivity index (χ0n) is 14.9. The van der Waals surface area contributed by atoms with Crippen molar-refractivity contribution in [2.24, 2.45) is 4.99 Å². The summed E-state index contributed by atoms with van der Waals surface area (Å²) in [5, 5.41) is 6.57. The van der Waals surface area contributed by atoms with Crippen molar-refractivity contribution in [1.29, 1.82) is 0 Å². The maximum atomic E-state index is 12.2. The van der Waals surface area contributed by atoms with Gasteiger partial charge in [-0.2, -0.15) is 0 Å². The van der Waals surface area contributed by atoms with Crippen LogP contribution < -0.4 is 15.4 Å². The molecule has 0 saturated heterocycles. The second kappa shape index (κ2) is 12.1. The number of nitrogens with one attached hydrogen (secondary N) is 3. The number of nitrogens with zero attached hydrogens (tertiary/aromatic N) is 2. The predicted molar refractivity (Wildman–Crippen MR) is 119 cm³/mol. The lowest BCUT2D eigenvalue weighted by Gasteiger charge is -2.12. The molecule has 0 aliphatic carbocycles. The van der Waals surface area contributed by atoms with Gasteiger partial charge in [0.25, 0.3) is 0 Å². The minimum absolute atomic E-state index is 0. The highest BCUT2D eigenvalue weighted by molar-refractivity contribution is 14.0. The van der Waals surface area contributed by atoms with E-state index < -0.39 is 10.0 Å². The number of sulfonamides is 1. The minimum Gasteiger partial charge on any atom is -0.357 e. The van der Waals surface area contributed by atoms with E-state index in [1.54, 1.807) is 18.3 Å². The van der Waals surface area contributed by atoms with Crippen molar-refractivity contribution in [2.45, 2.75) is 18.4 Å². The molecule has 2 aromatic rings. The molecule has 0 aliphatic heterocycles. The van der Waals surface area contributed by atoms with Gasteiger partial charge in [0.15, 0.2) is 5.96 Å². The molecule has 0 saturated carbocycles. The van der Waals surface area contributed by atoms with Gasteiger partial charge in [-0.15, -0.1) is 24.0 Å². The normalized spacial score (nSPS) is 11.6. The van der Waals surface area contributed by atoms with Gasteiger partial charge in [-0.25, -0.2) is 18.1 Å². The summed E-state index contributed by atoms with van der Waals surface area (Å²) in [5.41, 5.74) is 0.853. The van der Waals surface area contributed by atoms with Crippen LogP contribution in [-0.2, 0) is 16.6 Å². The number of aromatic nitrogens is 1. The van der Waals surface area contributed by atoms with E-state index in [-0.39, 0.29) is 35.4 Å². The fraction of sp³-hybridized carbons (Fsp3) is 0.294. The van der Waals surface area contributed by atoms with Crippen LogP contribution in [0.1, 0.15) is 12.6 Å². The first kappa shape index (κ1) is 23.6. The molecule has 0 amide bonds. The van der Waals surface area contributed by atoms with E-state index >= 15 is 0 Å². The molecular formula is C17H23ClIN5O2S. The number of rotatable bonds is 8. The molecule has 0 fully saturated rings. The van der Waals surface area contributed by atoms with Gasteiger partial charge < -0.3 is 10.6 Å². The number of hydrogen-bond acceptors (Lipinski definition) is 4. The van der Waals surface area contributed by atoms with Crippen LogP contribution in [0.2, 0.25) is 5.02 Å². The Morgan fingerprint density at radius 3 is 2.63 bits per heavy atom. The maximum absolute atomic E-state index is 12.2. The van der Waals surface area contributed by atoms with Crippen molar-refractivity contribution in [3.05, 3.63) is 59.4 Å². The van der Waals surface area contributed by atoms with Crippen LogP contribution in [0.5, 0.6) is 0 Å². The molecule has 7 nitrogen and oxygen atoms in total. The van der Waals surface area contributed by atoms with E-state index in [0.29, 0.717) is 30.6 Å². The Balaban J connectivity index is 0.00000364. The fourth-order valence-electron chi connectivity index (χ4n) is 2.08. The summed E-state index contributed by atoms with van der Waals surface area (Å²) >= 11 is 5.84. The van der Waals surface area contributed by atoms with Crippen molar-refractivity contribution in [2.75, 3.05) is 19.6 Å². The van der Waals surface area contributed by atoms with Crippen molar-refractivity contribution < 1.29 is 8.42 Å². The summed E-state index contributed by atoms with van der Waals surface area (Å²) in [6, 6.07) is 11.8. The Hall–Kier alpha value is -1.43. The van der Waals surface area contributed by atoms with Crippen LogP contribution in [0, 0.1) is 0 Å². The summed E-state index contributed by atoms with van der Waals surface area (Å²) in [4.78, 5) is 8.78. The summed E-state index contributed by atoms with van der Waals surface area (Å²) < 4.78 is 27.0. The van der Waals surface area contributed by atoms with Crippen LogP contribution >= 0.6 is 35.6 Å². The monoisotopic (exact) mass is 523 g/mol. The molecule has 0 unspecified atom stereocenters. The molecule has 2 rings (SSSR count). The molecule has 0 atom stereocenters. The Bertz CT molecular complexity index is 834. The fourth-order valence-corrected chi connectivity index (χ4v) is 3.41. The molecule has 10 heteroatoms. The van der Waals surface area contributed by atoms with Gasteiger partial charge >= 0.3 is 0 Å². The molecular weight excluding hydrogens is 501 g/mol. The van der Waals surface area contributed by atoms with Crippen molar-refractivity contribution in [1.82, 2.24) is 20.3 Å². The minimum atomic E-state index is -3.59. The average molecular weight is 524 g/mol. The number of guanidine groups is 1. The molecule has 0 bridgehead atoms. The lowest BCUT2D eigenvalue weighted by atomic mass is 10.3. The third kappa shape index (κ3) is 8.41. The maximum Gasteiger partial charge on any atom is 0.240 e. The quantitative estimate of drug-likeness (QED) is 0.214. The van der Waals surface area contributed by atoms with Crippen molar-refractivity contribution in [3.8, 4) is 0 Å². The van der Waals surface area contributed by atoms with Crippen LogP contribution in [0.15, 0.2) is 58.5 Å². The van der Waals surface area contributed by atoms with E-state index in [2.05, 4.69) is 25.3 Å². The second-order valence-corrected chi connectivity index (χ2v) is 7.50. The summed E-state index contributed by atoms with van der Waals surface area (Å²) in [6.07, 6.45) is 1.72. The first-order valence-corrected chi connectivity index (χ1v) is 10.0. The second-order valence-electron chi connectivity index (χ2n) is 5.30.